The van der Waals surface area contributed by atoms with Crippen LogP contribution in [-0.2, 0) is 10.3 Å². The Hall–Kier alpha value is -3.39. The number of rotatable bonds is 3. The average molecular weight is 425 g/mol. The predicted octanol–water partition coefficient (Wildman–Crippen LogP) is 2.59. The molecule has 1 aliphatic rings. The molecule has 0 bridgehead atoms. The molecule has 2 aromatic heterocycles. The number of aliphatic imine (C=N–C) groups is 1. The smallest absolute Gasteiger partial charge is 0.311 e. The molecule has 1 atom stereocenters. The maximum absolute atomic E-state index is 14.4. The number of nitrogens with zero attached hydrogens (tertiary/aromatic N) is 4. The first-order chi connectivity index (χ1) is 13.6. The fraction of sp³-hybridized carbons (Fsp3) is 0.235. The Kier molecular flexibility index (Phi) is 5.06. The quantitative estimate of drug-likeness (QED) is 0.779. The highest BCUT2D eigenvalue weighted by atomic mass is 35.5. The van der Waals surface area contributed by atoms with Crippen LogP contribution in [-0.4, -0.2) is 34.4 Å². The molecule has 12 heteroatoms. The van der Waals surface area contributed by atoms with Crippen LogP contribution in [0.25, 0.3) is 0 Å². The zero-order valence-corrected chi connectivity index (χ0v) is 15.5. The third-order valence-corrected chi connectivity index (χ3v) is 4.47. The Bertz CT molecular complexity index is 1070. The van der Waals surface area contributed by atoms with Crippen molar-refractivity contribution in [3.05, 3.63) is 52.2 Å². The number of pyridine rings is 2. The molecule has 0 spiro atoms. The third kappa shape index (κ3) is 3.66. The van der Waals surface area contributed by atoms with E-state index in [9.17, 15) is 18.0 Å². The number of amides is 1. The minimum Gasteiger partial charge on any atom is -0.459 e. The molecule has 1 aliphatic heterocycles. The molecule has 3 rings (SSSR count). The van der Waals surface area contributed by atoms with Gasteiger partial charge in [-0.2, -0.15) is 14.0 Å². The van der Waals surface area contributed by atoms with Gasteiger partial charge in [0.25, 0.3) is 11.9 Å². The van der Waals surface area contributed by atoms with E-state index in [2.05, 4.69) is 25.0 Å². The summed E-state index contributed by atoms with van der Waals surface area (Å²) in [7, 11) is 0. The van der Waals surface area contributed by atoms with E-state index in [-0.39, 0.29) is 22.1 Å². The van der Waals surface area contributed by atoms with Crippen molar-refractivity contribution >= 4 is 29.3 Å². The Balaban J connectivity index is 1.97. The minimum atomic E-state index is -3.62. The van der Waals surface area contributed by atoms with Crippen LogP contribution in [0.5, 0.6) is 0 Å². The van der Waals surface area contributed by atoms with E-state index in [0.717, 1.165) is 25.3 Å². The van der Waals surface area contributed by atoms with Gasteiger partial charge in [-0.1, -0.05) is 11.6 Å². The van der Waals surface area contributed by atoms with Crippen LogP contribution in [0.2, 0.25) is 5.02 Å². The van der Waals surface area contributed by atoms with E-state index >= 15 is 0 Å². The van der Waals surface area contributed by atoms with E-state index in [4.69, 9.17) is 22.6 Å². The molecule has 8 nitrogen and oxygen atoms in total. The summed E-state index contributed by atoms with van der Waals surface area (Å²) in [6.45, 7) is -0.153. The molecule has 0 saturated heterocycles. The molecule has 0 aromatic carbocycles. The minimum absolute atomic E-state index is 0.107. The van der Waals surface area contributed by atoms with Crippen molar-refractivity contribution in [2.24, 2.45) is 10.7 Å². The van der Waals surface area contributed by atoms with Gasteiger partial charge in [-0.05, 0) is 25.1 Å². The number of nitrogens with one attached hydrogen (secondary N) is 1. The van der Waals surface area contributed by atoms with Gasteiger partial charge in [0.1, 0.15) is 29.1 Å². The van der Waals surface area contributed by atoms with Crippen LogP contribution in [0.3, 0.4) is 0 Å². The monoisotopic (exact) mass is 424 g/mol. The molecule has 3 N–H and O–H groups in total. The van der Waals surface area contributed by atoms with Crippen molar-refractivity contribution < 1.29 is 22.7 Å². The summed E-state index contributed by atoms with van der Waals surface area (Å²) in [4.78, 5) is 23.5. The third-order valence-electron chi connectivity index (χ3n) is 4.18. The molecule has 0 aliphatic carbocycles. The van der Waals surface area contributed by atoms with Gasteiger partial charge in [-0.25, -0.2) is 19.4 Å². The summed E-state index contributed by atoms with van der Waals surface area (Å²) < 4.78 is 47.8. The number of anilines is 1. The highest BCUT2D eigenvalue weighted by Gasteiger charge is 2.57. The van der Waals surface area contributed by atoms with E-state index in [1.807, 2.05) is 6.07 Å². The number of nitriles is 1. The lowest BCUT2D eigenvalue weighted by Gasteiger charge is -2.36. The number of halogens is 4. The van der Waals surface area contributed by atoms with Gasteiger partial charge in [-0.3, -0.25) is 4.79 Å². The number of alkyl halides is 2. The molecule has 0 unspecified atom stereocenters. The Morgan fingerprint density at radius 3 is 2.83 bits per heavy atom. The van der Waals surface area contributed by atoms with Crippen molar-refractivity contribution in [3.63, 3.8) is 0 Å². The lowest BCUT2D eigenvalue weighted by molar-refractivity contribution is -0.118. The largest absolute Gasteiger partial charge is 0.459 e. The summed E-state index contributed by atoms with van der Waals surface area (Å²) in [6, 6.07) is 4.43. The summed E-state index contributed by atoms with van der Waals surface area (Å²) in [5.41, 5.74) is 2.10. The van der Waals surface area contributed by atoms with Gasteiger partial charge in [0.15, 0.2) is 12.1 Å². The molecular formula is C17H12ClF3N6O2. The summed E-state index contributed by atoms with van der Waals surface area (Å²) >= 11 is 5.92. The van der Waals surface area contributed by atoms with E-state index in [1.54, 1.807) is 0 Å². The maximum Gasteiger partial charge on any atom is 0.311 e. The van der Waals surface area contributed by atoms with Crippen molar-refractivity contribution in [1.29, 1.82) is 5.26 Å². The van der Waals surface area contributed by atoms with Crippen molar-refractivity contribution in [3.8, 4) is 6.07 Å². The topological polar surface area (TPSA) is 126 Å². The highest BCUT2D eigenvalue weighted by Crippen LogP contribution is 2.43. The first kappa shape index (κ1) is 20.3. The van der Waals surface area contributed by atoms with E-state index in [1.165, 1.54) is 6.07 Å². The number of ether oxygens (including phenoxy) is 1. The summed E-state index contributed by atoms with van der Waals surface area (Å²) in [5, 5.41) is 11.0. The predicted molar refractivity (Wildman–Crippen MR) is 96.0 cm³/mol. The molecular weight excluding hydrogens is 413 g/mol. The van der Waals surface area contributed by atoms with Gasteiger partial charge in [0.05, 0.1) is 10.6 Å². The van der Waals surface area contributed by atoms with Crippen molar-refractivity contribution in [2.75, 3.05) is 11.9 Å². The number of aromatic nitrogens is 2. The SMILES string of the molecule is C[C@]1(c2nc(NC(=O)c3ncc(C#N)cc3Cl)ccc2F)N=C(N)OCC1(F)F. The van der Waals surface area contributed by atoms with Gasteiger partial charge in [0, 0.05) is 6.20 Å². The van der Waals surface area contributed by atoms with Crippen LogP contribution in [0.1, 0.15) is 28.7 Å². The Morgan fingerprint density at radius 2 is 2.17 bits per heavy atom. The van der Waals surface area contributed by atoms with Gasteiger partial charge in [0.2, 0.25) is 0 Å². The standard InChI is InChI=1S/C17H12ClF3N6O2/c1-16(17(20,21)7-29-15(23)27-16)13-10(19)2-3-11(25-13)26-14(28)12-9(18)4-8(5-22)6-24-12/h2-4,6H,7H2,1H3,(H2,23,27)(H,25,26,28)/t16-/m1/s1. The van der Waals surface area contributed by atoms with Crippen molar-refractivity contribution in [1.82, 2.24) is 9.97 Å². The van der Waals surface area contributed by atoms with Gasteiger partial charge < -0.3 is 15.8 Å². The average Bonchev–Trinajstić information content (AvgIpc) is 2.66. The van der Waals surface area contributed by atoms with Crippen molar-refractivity contribution in [2.45, 2.75) is 18.4 Å². The molecule has 1 amide bonds. The molecule has 3 heterocycles. The Labute approximate surface area is 167 Å². The first-order valence-electron chi connectivity index (χ1n) is 7.97. The number of nitrogens with two attached hydrogens (primary N) is 1. The number of hydrogen-bond acceptors (Lipinski definition) is 7. The lowest BCUT2D eigenvalue weighted by Crippen LogP contribution is -2.51. The number of carbonyl (C=O) groups is 1. The van der Waals surface area contributed by atoms with Gasteiger partial charge >= 0.3 is 5.92 Å². The first-order valence-corrected chi connectivity index (χ1v) is 8.35. The Morgan fingerprint density at radius 1 is 1.45 bits per heavy atom. The molecule has 2 aromatic rings. The van der Waals surface area contributed by atoms with Crippen LogP contribution in [0.15, 0.2) is 29.4 Å². The van der Waals surface area contributed by atoms with Crippen LogP contribution >= 0.6 is 11.6 Å². The lowest BCUT2D eigenvalue weighted by atomic mass is 9.89. The molecule has 0 saturated carbocycles. The summed E-state index contributed by atoms with van der Waals surface area (Å²) in [6.07, 6.45) is 1.13. The second-order valence-corrected chi connectivity index (χ2v) is 6.57. The second-order valence-electron chi connectivity index (χ2n) is 6.16. The number of carbonyl (C=O) groups excluding carboxylic acids is 1. The number of hydrogen-bond donors (Lipinski definition) is 2. The van der Waals surface area contributed by atoms with Crippen LogP contribution < -0.4 is 11.1 Å². The van der Waals surface area contributed by atoms with E-state index in [0.29, 0.717) is 0 Å². The van der Waals surface area contributed by atoms with Crippen LogP contribution in [0.4, 0.5) is 19.0 Å². The zero-order chi connectivity index (χ0) is 21.4. The molecule has 0 fully saturated rings. The zero-order valence-electron chi connectivity index (χ0n) is 14.7. The fourth-order valence-corrected chi connectivity index (χ4v) is 2.81. The second kappa shape index (κ2) is 7.21. The van der Waals surface area contributed by atoms with E-state index < -0.39 is 41.5 Å². The van der Waals surface area contributed by atoms with Crippen LogP contribution in [0, 0.1) is 17.1 Å². The number of amidine groups is 1. The van der Waals surface area contributed by atoms with Gasteiger partial charge in [-0.15, -0.1) is 0 Å². The summed E-state index contributed by atoms with van der Waals surface area (Å²) in [5.74, 6) is -5.77. The maximum atomic E-state index is 14.4. The molecule has 0 radical (unpaired) electrons. The normalized spacial score (nSPS) is 20.2. The molecule has 29 heavy (non-hydrogen) atoms. The fourth-order valence-electron chi connectivity index (χ4n) is 2.56. The highest BCUT2D eigenvalue weighted by molar-refractivity contribution is 6.34. The molecule has 150 valence electrons.